The van der Waals surface area contributed by atoms with Crippen molar-refractivity contribution in [3.05, 3.63) is 12.4 Å². The lowest BCUT2D eigenvalue weighted by atomic mass is 9.97. The van der Waals surface area contributed by atoms with Gasteiger partial charge in [0.05, 0.1) is 17.4 Å². The summed E-state index contributed by atoms with van der Waals surface area (Å²) in [5.74, 6) is 1.14. The number of aliphatic imine (C=N–C) groups is 1. The molecule has 1 aliphatic heterocycles. The molecule has 1 unspecified atom stereocenters. The Bertz CT molecular complexity index is 412. The molecule has 0 saturated heterocycles. The Hall–Kier alpha value is -0.970. The van der Waals surface area contributed by atoms with Gasteiger partial charge in [-0.15, -0.1) is 0 Å². The van der Waals surface area contributed by atoms with Crippen molar-refractivity contribution in [3.63, 3.8) is 0 Å². The van der Waals surface area contributed by atoms with Gasteiger partial charge in [0.15, 0.2) is 5.17 Å². The fourth-order valence-corrected chi connectivity index (χ4v) is 2.96. The quantitative estimate of drug-likeness (QED) is 0.899. The maximum absolute atomic E-state index is 4.79. The number of amidine groups is 1. The largest absolute Gasteiger partial charge is 0.332 e. The Morgan fingerprint density at radius 3 is 3.00 bits per heavy atom. The maximum Gasteiger partial charge on any atom is 0.161 e. The van der Waals surface area contributed by atoms with Gasteiger partial charge in [-0.2, -0.15) is 5.10 Å². The summed E-state index contributed by atoms with van der Waals surface area (Å²) in [5.41, 5.74) is 1.13. The van der Waals surface area contributed by atoms with Crippen molar-refractivity contribution >= 4 is 22.6 Å². The number of thioether (sulfide) groups is 1. The lowest BCUT2D eigenvalue weighted by Crippen LogP contribution is -2.29. The fraction of sp³-hybridized carbons (Fsp3) is 0.667. The molecule has 5 heteroatoms. The molecule has 94 valence electrons. The van der Waals surface area contributed by atoms with Crippen LogP contribution in [-0.4, -0.2) is 26.2 Å². The first kappa shape index (κ1) is 12.5. The fourth-order valence-electron chi connectivity index (χ4n) is 1.75. The van der Waals surface area contributed by atoms with Crippen LogP contribution < -0.4 is 5.32 Å². The van der Waals surface area contributed by atoms with Crippen LogP contribution in [0.5, 0.6) is 0 Å². The van der Waals surface area contributed by atoms with Crippen molar-refractivity contribution in [1.82, 2.24) is 9.78 Å². The van der Waals surface area contributed by atoms with E-state index in [1.807, 2.05) is 17.1 Å². The van der Waals surface area contributed by atoms with E-state index in [2.05, 4.69) is 31.2 Å². The number of nitrogens with zero attached hydrogens (tertiary/aromatic N) is 3. The number of aromatic nitrogens is 2. The van der Waals surface area contributed by atoms with Gasteiger partial charge >= 0.3 is 0 Å². The van der Waals surface area contributed by atoms with Crippen LogP contribution in [0.3, 0.4) is 0 Å². The first-order valence-corrected chi connectivity index (χ1v) is 7.16. The third kappa shape index (κ3) is 3.03. The van der Waals surface area contributed by atoms with Gasteiger partial charge in [0, 0.05) is 18.5 Å². The number of aryl methyl sites for hydroxylation is 1. The standard InChI is InChI=1S/C12H20N4S/c1-4-12(3)6-7-17-11(15-12)14-10-8-13-16(5-2)9-10/h8-9H,4-7H2,1-3H3,(H,14,15). The summed E-state index contributed by atoms with van der Waals surface area (Å²) in [4.78, 5) is 4.79. The average molecular weight is 252 g/mol. The molecule has 1 N–H and O–H groups in total. The molecule has 2 heterocycles. The van der Waals surface area contributed by atoms with E-state index in [-0.39, 0.29) is 5.54 Å². The Morgan fingerprint density at radius 2 is 2.35 bits per heavy atom. The van der Waals surface area contributed by atoms with E-state index in [4.69, 9.17) is 4.99 Å². The molecule has 0 aliphatic carbocycles. The molecular weight excluding hydrogens is 232 g/mol. The molecule has 0 spiro atoms. The van der Waals surface area contributed by atoms with Crippen LogP contribution in [0.2, 0.25) is 0 Å². The van der Waals surface area contributed by atoms with Crippen molar-refractivity contribution in [3.8, 4) is 0 Å². The smallest absolute Gasteiger partial charge is 0.161 e. The van der Waals surface area contributed by atoms with Crippen LogP contribution in [0.1, 0.15) is 33.6 Å². The van der Waals surface area contributed by atoms with Crippen LogP contribution in [-0.2, 0) is 6.54 Å². The third-order valence-electron chi connectivity index (χ3n) is 3.22. The molecule has 1 aromatic rings. The average Bonchev–Trinajstić information content (AvgIpc) is 2.77. The number of hydrogen-bond donors (Lipinski definition) is 1. The molecule has 2 rings (SSSR count). The summed E-state index contributed by atoms with van der Waals surface area (Å²) in [6.07, 6.45) is 6.12. The summed E-state index contributed by atoms with van der Waals surface area (Å²) in [6, 6.07) is 0. The molecule has 0 saturated carbocycles. The molecule has 4 nitrogen and oxygen atoms in total. The van der Waals surface area contributed by atoms with Crippen molar-refractivity contribution in [1.29, 1.82) is 0 Å². The van der Waals surface area contributed by atoms with Gasteiger partial charge in [-0.1, -0.05) is 18.7 Å². The molecule has 0 amide bonds. The zero-order valence-corrected chi connectivity index (χ0v) is 11.5. The molecular formula is C12H20N4S. The number of anilines is 1. The molecule has 0 bridgehead atoms. The number of hydrogen-bond acceptors (Lipinski definition) is 4. The molecule has 1 atom stereocenters. The van der Waals surface area contributed by atoms with E-state index in [1.165, 1.54) is 0 Å². The minimum Gasteiger partial charge on any atom is -0.332 e. The SMILES string of the molecule is CCn1cc(NC2=NC(C)(CC)CCS2)cn1. The highest BCUT2D eigenvalue weighted by Gasteiger charge is 2.25. The zero-order chi connectivity index (χ0) is 12.3. The monoisotopic (exact) mass is 252 g/mol. The van der Waals surface area contributed by atoms with Crippen molar-refractivity contribution in [2.24, 2.45) is 4.99 Å². The Labute approximate surface area is 107 Å². The first-order chi connectivity index (χ1) is 8.15. The van der Waals surface area contributed by atoms with Gasteiger partial charge in [0.1, 0.15) is 0 Å². The summed E-state index contributed by atoms with van der Waals surface area (Å²) < 4.78 is 1.91. The van der Waals surface area contributed by atoms with Crippen LogP contribution >= 0.6 is 11.8 Å². The number of rotatable bonds is 3. The van der Waals surface area contributed by atoms with Crippen molar-refractivity contribution in [2.45, 2.75) is 45.7 Å². The number of nitrogens with one attached hydrogen (secondary N) is 1. The molecule has 17 heavy (non-hydrogen) atoms. The van der Waals surface area contributed by atoms with E-state index in [0.717, 1.165) is 36.0 Å². The van der Waals surface area contributed by atoms with Gasteiger partial charge < -0.3 is 5.32 Å². The van der Waals surface area contributed by atoms with Gasteiger partial charge in [-0.05, 0) is 26.7 Å². The second-order valence-corrected chi connectivity index (χ2v) is 5.66. The normalized spacial score (nSPS) is 24.5. The lowest BCUT2D eigenvalue weighted by Gasteiger charge is -2.29. The maximum atomic E-state index is 4.79. The van der Waals surface area contributed by atoms with Gasteiger partial charge in [-0.3, -0.25) is 9.67 Å². The molecule has 0 aromatic carbocycles. The predicted octanol–water partition coefficient (Wildman–Crippen LogP) is 2.98. The molecule has 1 aromatic heterocycles. The Kier molecular flexibility index (Phi) is 3.76. The first-order valence-electron chi connectivity index (χ1n) is 6.17. The van der Waals surface area contributed by atoms with E-state index in [9.17, 15) is 0 Å². The molecule has 0 fully saturated rings. The summed E-state index contributed by atoms with van der Waals surface area (Å²) in [7, 11) is 0. The summed E-state index contributed by atoms with van der Waals surface area (Å²) in [6.45, 7) is 7.40. The lowest BCUT2D eigenvalue weighted by molar-refractivity contribution is 0.443. The highest BCUT2D eigenvalue weighted by atomic mass is 32.2. The van der Waals surface area contributed by atoms with Gasteiger partial charge in [-0.25, -0.2) is 0 Å². The molecule has 0 radical (unpaired) electrons. The Morgan fingerprint density at radius 1 is 1.53 bits per heavy atom. The Balaban J connectivity index is 2.08. The van der Waals surface area contributed by atoms with E-state index < -0.39 is 0 Å². The van der Waals surface area contributed by atoms with Crippen molar-refractivity contribution < 1.29 is 0 Å². The highest BCUT2D eigenvalue weighted by Crippen LogP contribution is 2.29. The summed E-state index contributed by atoms with van der Waals surface area (Å²) in [5, 5.41) is 8.63. The van der Waals surface area contributed by atoms with Crippen LogP contribution in [0, 0.1) is 0 Å². The molecule has 1 aliphatic rings. The summed E-state index contributed by atoms with van der Waals surface area (Å²) >= 11 is 1.79. The van der Waals surface area contributed by atoms with Gasteiger partial charge in [0.2, 0.25) is 0 Å². The van der Waals surface area contributed by atoms with Crippen LogP contribution in [0.15, 0.2) is 17.4 Å². The highest BCUT2D eigenvalue weighted by molar-refractivity contribution is 8.14. The third-order valence-corrected chi connectivity index (χ3v) is 4.10. The second kappa shape index (κ2) is 5.12. The van der Waals surface area contributed by atoms with Crippen LogP contribution in [0.4, 0.5) is 5.69 Å². The minimum atomic E-state index is 0.105. The van der Waals surface area contributed by atoms with Gasteiger partial charge in [0.25, 0.3) is 0 Å². The van der Waals surface area contributed by atoms with Crippen molar-refractivity contribution in [2.75, 3.05) is 11.1 Å². The predicted molar refractivity (Wildman–Crippen MR) is 74.7 cm³/mol. The zero-order valence-electron chi connectivity index (χ0n) is 10.7. The topological polar surface area (TPSA) is 42.2 Å². The van der Waals surface area contributed by atoms with E-state index in [0.29, 0.717) is 0 Å². The van der Waals surface area contributed by atoms with E-state index >= 15 is 0 Å². The van der Waals surface area contributed by atoms with E-state index in [1.54, 1.807) is 11.8 Å². The van der Waals surface area contributed by atoms with Crippen LogP contribution in [0.25, 0.3) is 0 Å². The second-order valence-electron chi connectivity index (χ2n) is 4.58. The minimum absolute atomic E-state index is 0.105.